The third kappa shape index (κ3) is 1.48. The Morgan fingerprint density at radius 1 is 1.38 bits per heavy atom. The highest BCUT2D eigenvalue weighted by Crippen LogP contribution is 2.35. The number of hydrogen-bond donors (Lipinski definition) is 1. The van der Waals surface area contributed by atoms with Gasteiger partial charge in [0, 0.05) is 19.0 Å². The molecule has 3 rings (SSSR count). The first-order chi connectivity index (χ1) is 7.79. The molecule has 0 aliphatic carbocycles. The first-order valence-corrected chi connectivity index (χ1v) is 6.24. The van der Waals surface area contributed by atoms with Crippen LogP contribution in [0.15, 0.2) is 12.1 Å². The fourth-order valence-electron chi connectivity index (χ4n) is 2.98. The molecule has 2 heteroatoms. The van der Waals surface area contributed by atoms with Gasteiger partial charge in [0.1, 0.15) is 0 Å². The molecule has 2 aliphatic rings. The molecular formula is C14H19NO. The molecule has 86 valence electrons. The topological polar surface area (TPSA) is 21.3 Å². The van der Waals surface area contributed by atoms with Crippen LogP contribution in [0, 0.1) is 6.92 Å². The number of aryl methyl sites for hydroxylation is 2. The Morgan fingerprint density at radius 3 is 3.06 bits per heavy atom. The normalized spacial score (nSPS) is 27.6. The molecule has 2 aliphatic heterocycles. The number of benzene rings is 1. The zero-order chi connectivity index (χ0) is 11.1. The molecule has 1 aromatic rings. The molecule has 0 spiro atoms. The van der Waals surface area contributed by atoms with Gasteiger partial charge in [0.2, 0.25) is 0 Å². The average molecular weight is 217 g/mol. The highest BCUT2D eigenvalue weighted by atomic mass is 16.5. The summed E-state index contributed by atoms with van der Waals surface area (Å²) in [5, 5.41) is 3.44. The van der Waals surface area contributed by atoms with Crippen LogP contribution in [0.5, 0.6) is 0 Å². The molecule has 0 bridgehead atoms. The van der Waals surface area contributed by atoms with Gasteiger partial charge < -0.3 is 10.1 Å². The Bertz CT molecular complexity index is 413. The minimum Gasteiger partial charge on any atom is -0.372 e. The van der Waals surface area contributed by atoms with E-state index < -0.39 is 0 Å². The molecule has 2 heterocycles. The number of fused-ring (bicyclic) bond motifs is 3. The molecule has 0 aromatic heterocycles. The van der Waals surface area contributed by atoms with Gasteiger partial charge in [-0.2, -0.15) is 0 Å². The predicted octanol–water partition coefficient (Wildman–Crippen LogP) is 2.14. The van der Waals surface area contributed by atoms with Crippen LogP contribution in [0.3, 0.4) is 0 Å². The Hall–Kier alpha value is -0.860. The minimum absolute atomic E-state index is 0.402. The lowest BCUT2D eigenvalue weighted by molar-refractivity contribution is 0.0295. The van der Waals surface area contributed by atoms with Gasteiger partial charge in [0.05, 0.1) is 12.7 Å². The van der Waals surface area contributed by atoms with Crippen molar-refractivity contribution in [1.29, 1.82) is 0 Å². The van der Waals surface area contributed by atoms with Crippen LogP contribution < -0.4 is 5.32 Å². The van der Waals surface area contributed by atoms with E-state index >= 15 is 0 Å². The lowest BCUT2D eigenvalue weighted by Crippen LogP contribution is -2.27. The van der Waals surface area contributed by atoms with Gasteiger partial charge in [0.25, 0.3) is 0 Å². The molecule has 1 aromatic carbocycles. The van der Waals surface area contributed by atoms with Crippen molar-refractivity contribution in [2.45, 2.75) is 38.9 Å². The van der Waals surface area contributed by atoms with Crippen LogP contribution in [0.2, 0.25) is 0 Å². The SMILES string of the molecule is CCc1cc(C)c2c(c1)[C@H]1CNC[C@H]1OC2. The molecule has 1 saturated heterocycles. The summed E-state index contributed by atoms with van der Waals surface area (Å²) < 4.78 is 5.92. The van der Waals surface area contributed by atoms with E-state index in [-0.39, 0.29) is 0 Å². The summed E-state index contributed by atoms with van der Waals surface area (Å²) >= 11 is 0. The molecule has 0 unspecified atom stereocenters. The minimum atomic E-state index is 0.402. The number of nitrogens with one attached hydrogen (secondary N) is 1. The van der Waals surface area contributed by atoms with Crippen molar-refractivity contribution in [3.8, 4) is 0 Å². The zero-order valence-corrected chi connectivity index (χ0v) is 10.0. The van der Waals surface area contributed by atoms with Gasteiger partial charge in [-0.3, -0.25) is 0 Å². The zero-order valence-electron chi connectivity index (χ0n) is 10.0. The summed E-state index contributed by atoms with van der Waals surface area (Å²) in [6.45, 7) is 7.33. The van der Waals surface area contributed by atoms with Crippen LogP contribution in [0.25, 0.3) is 0 Å². The Labute approximate surface area is 97.0 Å². The fourth-order valence-corrected chi connectivity index (χ4v) is 2.98. The molecule has 0 radical (unpaired) electrons. The Balaban J connectivity index is 2.09. The highest BCUT2D eigenvalue weighted by Gasteiger charge is 2.34. The smallest absolute Gasteiger partial charge is 0.0784 e. The quantitative estimate of drug-likeness (QED) is 0.778. The highest BCUT2D eigenvalue weighted by molar-refractivity contribution is 5.43. The third-order valence-corrected chi connectivity index (χ3v) is 3.98. The van der Waals surface area contributed by atoms with Gasteiger partial charge in [-0.25, -0.2) is 0 Å². The number of rotatable bonds is 1. The van der Waals surface area contributed by atoms with Gasteiger partial charge in [-0.05, 0) is 35.6 Å². The predicted molar refractivity (Wildman–Crippen MR) is 64.7 cm³/mol. The summed E-state index contributed by atoms with van der Waals surface area (Å²) in [4.78, 5) is 0. The standard InChI is InChI=1S/C14H19NO/c1-3-10-4-9(2)13-8-16-14-7-15-6-12(14)11(13)5-10/h4-5,12,14-15H,3,6-8H2,1-2H3/t12-,14-/m1/s1. The maximum absolute atomic E-state index is 5.92. The summed E-state index contributed by atoms with van der Waals surface area (Å²) in [5.41, 5.74) is 5.84. The van der Waals surface area contributed by atoms with Gasteiger partial charge in [0.15, 0.2) is 0 Å². The molecule has 0 amide bonds. The van der Waals surface area contributed by atoms with Crippen LogP contribution in [-0.2, 0) is 17.8 Å². The van der Waals surface area contributed by atoms with E-state index in [0.717, 1.165) is 26.1 Å². The molecule has 0 saturated carbocycles. The summed E-state index contributed by atoms with van der Waals surface area (Å²) in [6.07, 6.45) is 1.53. The monoisotopic (exact) mass is 217 g/mol. The molecular weight excluding hydrogens is 198 g/mol. The van der Waals surface area contributed by atoms with Crippen molar-refractivity contribution in [2.75, 3.05) is 13.1 Å². The number of ether oxygens (including phenoxy) is 1. The van der Waals surface area contributed by atoms with E-state index in [1.165, 1.54) is 22.3 Å². The van der Waals surface area contributed by atoms with Crippen molar-refractivity contribution in [1.82, 2.24) is 5.32 Å². The van der Waals surface area contributed by atoms with E-state index in [1.54, 1.807) is 0 Å². The van der Waals surface area contributed by atoms with Crippen LogP contribution in [-0.4, -0.2) is 19.2 Å². The summed E-state index contributed by atoms with van der Waals surface area (Å²) in [7, 11) is 0. The second-order valence-corrected chi connectivity index (χ2v) is 4.95. The molecule has 1 fully saturated rings. The van der Waals surface area contributed by atoms with Crippen molar-refractivity contribution < 1.29 is 4.74 Å². The lowest BCUT2D eigenvalue weighted by atomic mass is 9.85. The molecule has 16 heavy (non-hydrogen) atoms. The van der Waals surface area contributed by atoms with E-state index in [4.69, 9.17) is 4.74 Å². The van der Waals surface area contributed by atoms with E-state index in [9.17, 15) is 0 Å². The third-order valence-electron chi connectivity index (χ3n) is 3.98. The molecule has 2 atom stereocenters. The van der Waals surface area contributed by atoms with E-state index in [1.807, 2.05) is 0 Å². The van der Waals surface area contributed by atoms with Crippen molar-refractivity contribution in [3.63, 3.8) is 0 Å². The Kier molecular flexibility index (Phi) is 2.49. The Morgan fingerprint density at radius 2 is 2.25 bits per heavy atom. The van der Waals surface area contributed by atoms with Gasteiger partial charge in [-0.15, -0.1) is 0 Å². The first kappa shape index (κ1) is 10.3. The van der Waals surface area contributed by atoms with Crippen LogP contribution in [0.1, 0.15) is 35.1 Å². The van der Waals surface area contributed by atoms with Crippen LogP contribution >= 0.6 is 0 Å². The largest absolute Gasteiger partial charge is 0.372 e. The van der Waals surface area contributed by atoms with Crippen LogP contribution in [0.4, 0.5) is 0 Å². The fraction of sp³-hybridized carbons (Fsp3) is 0.571. The van der Waals surface area contributed by atoms with Gasteiger partial charge >= 0.3 is 0 Å². The van der Waals surface area contributed by atoms with Crippen molar-refractivity contribution in [3.05, 3.63) is 34.4 Å². The lowest BCUT2D eigenvalue weighted by Gasteiger charge is -2.29. The average Bonchev–Trinajstić information content (AvgIpc) is 2.77. The maximum atomic E-state index is 5.92. The first-order valence-electron chi connectivity index (χ1n) is 6.24. The molecule has 1 N–H and O–H groups in total. The van der Waals surface area contributed by atoms with Crippen molar-refractivity contribution in [2.24, 2.45) is 0 Å². The summed E-state index contributed by atoms with van der Waals surface area (Å²) in [6, 6.07) is 4.71. The van der Waals surface area contributed by atoms with Crippen molar-refractivity contribution >= 4 is 0 Å². The number of hydrogen-bond acceptors (Lipinski definition) is 2. The summed E-state index contributed by atoms with van der Waals surface area (Å²) in [5.74, 6) is 0.578. The van der Waals surface area contributed by atoms with Gasteiger partial charge in [-0.1, -0.05) is 19.1 Å². The van der Waals surface area contributed by atoms with E-state index in [0.29, 0.717) is 12.0 Å². The van der Waals surface area contributed by atoms with E-state index in [2.05, 4.69) is 31.3 Å². The second kappa shape index (κ2) is 3.86. The second-order valence-electron chi connectivity index (χ2n) is 4.95. The molecule has 2 nitrogen and oxygen atoms in total. The maximum Gasteiger partial charge on any atom is 0.0784 e.